The summed E-state index contributed by atoms with van der Waals surface area (Å²) in [5.41, 5.74) is 0. The third-order valence-corrected chi connectivity index (χ3v) is 16.2. The highest BCUT2D eigenvalue weighted by Crippen LogP contribution is 2.43. The van der Waals surface area contributed by atoms with Crippen LogP contribution in [0.2, 0.25) is 0 Å². The van der Waals surface area contributed by atoms with E-state index in [9.17, 15) is 19.4 Å². The lowest BCUT2D eigenvalue weighted by Crippen LogP contribution is -2.46. The van der Waals surface area contributed by atoms with Crippen molar-refractivity contribution < 1.29 is 32.9 Å². The van der Waals surface area contributed by atoms with Crippen LogP contribution in [-0.2, 0) is 18.4 Å². The average Bonchev–Trinajstić information content (AvgIpc) is 3.42. The average molecular weight is 1130 g/mol. The van der Waals surface area contributed by atoms with E-state index in [0.717, 1.165) is 77.0 Å². The number of hydrogen-bond donors (Lipinski definition) is 3. The van der Waals surface area contributed by atoms with Gasteiger partial charge in [-0.2, -0.15) is 0 Å². The first-order valence-corrected chi connectivity index (χ1v) is 35.3. The summed E-state index contributed by atoms with van der Waals surface area (Å²) in [6.45, 7) is 4.81. The standard InChI is InChI=1S/C70H131N2O6P/c1-6-8-10-12-14-16-18-20-22-24-25-26-27-28-29-30-31-32-33-34-35-36-37-38-39-40-41-42-43-44-45-46-47-48-50-52-54-56-58-60-62-64-70(74)71-68(67-78-79(75,76)77-66-65-72(3,4)5)69(73)63-61-59-57-55-53-51-49-23-21-19-17-15-13-11-9-7-2/h8,10,14,16,20,22,25-26,28-29,31-32,68-69,73H,6-7,9,11-13,15,17-19,21,23-24,27,30,33-67H2,1-5H3,(H-,71,74,75,76)/p+1/b10-8-,16-14-,22-20-,26-25-,29-28-,32-31-. The molecule has 0 saturated carbocycles. The summed E-state index contributed by atoms with van der Waals surface area (Å²) >= 11 is 0. The molecule has 0 bridgehead atoms. The van der Waals surface area contributed by atoms with Crippen molar-refractivity contribution in [1.29, 1.82) is 0 Å². The largest absolute Gasteiger partial charge is 0.472 e. The zero-order valence-electron chi connectivity index (χ0n) is 52.9. The molecule has 3 unspecified atom stereocenters. The van der Waals surface area contributed by atoms with Gasteiger partial charge in [0.15, 0.2) is 0 Å². The van der Waals surface area contributed by atoms with Crippen LogP contribution in [-0.4, -0.2) is 73.4 Å². The van der Waals surface area contributed by atoms with Gasteiger partial charge in [0.05, 0.1) is 39.9 Å². The van der Waals surface area contributed by atoms with Crippen molar-refractivity contribution in [3.05, 3.63) is 72.9 Å². The molecule has 3 atom stereocenters. The molecule has 0 aromatic carbocycles. The summed E-state index contributed by atoms with van der Waals surface area (Å²) in [6, 6.07) is -0.761. The molecule has 0 saturated heterocycles. The van der Waals surface area contributed by atoms with Gasteiger partial charge in [0.25, 0.3) is 0 Å². The van der Waals surface area contributed by atoms with Crippen LogP contribution in [0.1, 0.15) is 316 Å². The Balaban J connectivity index is 3.90. The number of phosphoric acid groups is 1. The Morgan fingerprint density at radius 1 is 0.443 bits per heavy atom. The second-order valence-corrected chi connectivity index (χ2v) is 25.6. The number of quaternary nitrogens is 1. The molecule has 79 heavy (non-hydrogen) atoms. The van der Waals surface area contributed by atoms with Crippen LogP contribution in [0.5, 0.6) is 0 Å². The van der Waals surface area contributed by atoms with Gasteiger partial charge in [-0.15, -0.1) is 0 Å². The molecule has 0 radical (unpaired) electrons. The monoisotopic (exact) mass is 1130 g/mol. The fourth-order valence-corrected chi connectivity index (χ4v) is 10.7. The maximum atomic E-state index is 13.0. The van der Waals surface area contributed by atoms with Gasteiger partial charge in [0.1, 0.15) is 13.2 Å². The Bertz CT molecular complexity index is 1520. The number of amides is 1. The number of nitrogens with zero attached hydrogens (tertiary/aromatic N) is 1. The minimum atomic E-state index is -4.32. The van der Waals surface area contributed by atoms with Crippen molar-refractivity contribution in [2.75, 3.05) is 40.9 Å². The topological polar surface area (TPSA) is 105 Å². The van der Waals surface area contributed by atoms with Crippen LogP contribution in [0, 0.1) is 0 Å². The molecule has 0 spiro atoms. The highest BCUT2D eigenvalue weighted by Gasteiger charge is 2.28. The van der Waals surface area contributed by atoms with Crippen molar-refractivity contribution in [1.82, 2.24) is 5.32 Å². The van der Waals surface area contributed by atoms with Crippen LogP contribution in [0.3, 0.4) is 0 Å². The Morgan fingerprint density at radius 3 is 1.11 bits per heavy atom. The number of aliphatic hydroxyl groups excluding tert-OH is 1. The van der Waals surface area contributed by atoms with E-state index < -0.39 is 20.0 Å². The zero-order valence-corrected chi connectivity index (χ0v) is 53.8. The summed E-state index contributed by atoms with van der Waals surface area (Å²) in [5, 5.41) is 14.1. The summed E-state index contributed by atoms with van der Waals surface area (Å²) in [5.74, 6) is -0.140. The molecule has 0 heterocycles. The normalized spacial score (nSPS) is 14.2. The Morgan fingerprint density at radius 2 is 0.759 bits per heavy atom. The van der Waals surface area contributed by atoms with Gasteiger partial charge in [0.2, 0.25) is 5.91 Å². The Kier molecular flexibility index (Phi) is 59.0. The van der Waals surface area contributed by atoms with E-state index in [4.69, 9.17) is 9.05 Å². The lowest BCUT2D eigenvalue weighted by Gasteiger charge is -2.26. The van der Waals surface area contributed by atoms with Gasteiger partial charge in [0, 0.05) is 6.42 Å². The molecule has 8 nitrogen and oxygen atoms in total. The highest BCUT2D eigenvalue weighted by molar-refractivity contribution is 7.47. The number of likely N-dealkylation sites (N-methyl/N-ethyl adjacent to an activating group) is 1. The minimum Gasteiger partial charge on any atom is -0.391 e. The van der Waals surface area contributed by atoms with E-state index in [1.165, 1.54) is 212 Å². The maximum Gasteiger partial charge on any atom is 0.472 e. The molecule has 0 fully saturated rings. The molecule has 9 heteroatoms. The molecule has 0 aliphatic rings. The van der Waals surface area contributed by atoms with Crippen molar-refractivity contribution in [3.8, 4) is 0 Å². The first-order valence-electron chi connectivity index (χ1n) is 33.8. The first kappa shape index (κ1) is 76.9. The van der Waals surface area contributed by atoms with Gasteiger partial charge in [-0.05, 0) is 64.2 Å². The van der Waals surface area contributed by atoms with Gasteiger partial charge in [-0.1, -0.05) is 318 Å². The number of nitrogens with one attached hydrogen (secondary N) is 1. The third-order valence-electron chi connectivity index (χ3n) is 15.2. The lowest BCUT2D eigenvalue weighted by atomic mass is 10.0. The predicted octanol–water partition coefficient (Wildman–Crippen LogP) is 21.4. The van der Waals surface area contributed by atoms with Gasteiger partial charge in [-0.3, -0.25) is 13.8 Å². The van der Waals surface area contributed by atoms with E-state index in [1.54, 1.807) is 0 Å². The van der Waals surface area contributed by atoms with Crippen LogP contribution < -0.4 is 5.32 Å². The van der Waals surface area contributed by atoms with Gasteiger partial charge < -0.3 is 19.8 Å². The summed E-state index contributed by atoms with van der Waals surface area (Å²) in [4.78, 5) is 23.4. The number of phosphoric ester groups is 1. The minimum absolute atomic E-state index is 0.0755. The molecule has 3 N–H and O–H groups in total. The molecule has 462 valence electrons. The molecule has 0 aromatic rings. The fraction of sp³-hybridized carbons (Fsp3) is 0.814. The maximum absolute atomic E-state index is 13.0. The number of carbonyl (C=O) groups excluding carboxylic acids is 1. The number of carbonyl (C=O) groups is 1. The van der Waals surface area contributed by atoms with E-state index in [1.807, 2.05) is 21.1 Å². The van der Waals surface area contributed by atoms with Crippen molar-refractivity contribution in [2.24, 2.45) is 0 Å². The predicted molar refractivity (Wildman–Crippen MR) is 346 cm³/mol. The van der Waals surface area contributed by atoms with E-state index in [0.29, 0.717) is 23.9 Å². The summed E-state index contributed by atoms with van der Waals surface area (Å²) in [7, 11) is 1.63. The van der Waals surface area contributed by atoms with Gasteiger partial charge >= 0.3 is 7.82 Å². The smallest absolute Gasteiger partial charge is 0.391 e. The number of hydrogen-bond acceptors (Lipinski definition) is 5. The number of allylic oxidation sites excluding steroid dienone is 12. The highest BCUT2D eigenvalue weighted by atomic mass is 31.2. The lowest BCUT2D eigenvalue weighted by molar-refractivity contribution is -0.870. The Labute approximate surface area is 491 Å². The van der Waals surface area contributed by atoms with E-state index in [2.05, 4.69) is 92.1 Å². The first-order chi connectivity index (χ1) is 38.5. The van der Waals surface area contributed by atoms with Crippen molar-refractivity contribution in [3.63, 3.8) is 0 Å². The second-order valence-electron chi connectivity index (χ2n) is 24.2. The van der Waals surface area contributed by atoms with Crippen LogP contribution >= 0.6 is 7.82 Å². The number of aliphatic hydroxyl groups is 1. The fourth-order valence-electron chi connectivity index (χ4n) is 10.00. The summed E-state index contributed by atoms with van der Waals surface area (Å²) in [6.07, 6.45) is 84.3. The van der Waals surface area contributed by atoms with Crippen LogP contribution in [0.4, 0.5) is 0 Å². The number of unbranched alkanes of at least 4 members (excludes halogenated alkanes) is 37. The molecule has 0 aromatic heterocycles. The molecule has 0 aliphatic carbocycles. The molecular formula is C70H132N2O6P+. The summed E-state index contributed by atoms with van der Waals surface area (Å²) < 4.78 is 23.8. The SMILES string of the molecule is CC/C=C\C/C=C\C/C=C\C/C=C\C/C=C\C/C=C\CCCCCCCCCCCCCCCCCCCCCCCCC(=O)NC(COP(=O)(O)OCC[N+](C)(C)C)C(O)CCCCCCCCCCCCCCCCCC. The number of rotatable bonds is 62. The van der Waals surface area contributed by atoms with Gasteiger partial charge in [-0.25, -0.2) is 4.57 Å². The third kappa shape index (κ3) is 63.4. The Hall–Kier alpha value is -2.06. The molecule has 0 rings (SSSR count). The molecule has 1 amide bonds. The second kappa shape index (κ2) is 60.5. The van der Waals surface area contributed by atoms with Crippen LogP contribution in [0.25, 0.3) is 0 Å². The van der Waals surface area contributed by atoms with E-state index >= 15 is 0 Å². The molecule has 0 aliphatic heterocycles. The van der Waals surface area contributed by atoms with E-state index in [-0.39, 0.29) is 19.1 Å². The van der Waals surface area contributed by atoms with Crippen molar-refractivity contribution >= 4 is 13.7 Å². The molecular weight excluding hydrogens is 996 g/mol. The van der Waals surface area contributed by atoms with Crippen LogP contribution in [0.15, 0.2) is 72.9 Å². The van der Waals surface area contributed by atoms with Crippen molar-refractivity contribution in [2.45, 2.75) is 328 Å². The quantitative estimate of drug-likeness (QED) is 0.0243. The zero-order chi connectivity index (χ0) is 57.7.